The average molecular weight is 345 g/mol. The highest BCUT2D eigenvalue weighted by atomic mass is 35.5. The minimum Gasteiger partial charge on any atom is -0.456 e. The van der Waals surface area contributed by atoms with Crippen molar-refractivity contribution in [2.24, 2.45) is 0 Å². The van der Waals surface area contributed by atoms with Crippen LogP contribution < -0.4 is 5.32 Å². The number of anilines is 2. The molecule has 0 radical (unpaired) electrons. The van der Waals surface area contributed by atoms with E-state index in [0.29, 0.717) is 22.2 Å². The van der Waals surface area contributed by atoms with Gasteiger partial charge in [-0.25, -0.2) is 9.78 Å². The third kappa shape index (κ3) is 3.65. The van der Waals surface area contributed by atoms with Gasteiger partial charge in [0.1, 0.15) is 16.6 Å². The first kappa shape index (κ1) is 16.3. The number of fused-ring (bicyclic) bond motifs is 1. The maximum absolute atomic E-state index is 12.2. The van der Waals surface area contributed by atoms with Gasteiger partial charge >= 0.3 is 5.97 Å². The van der Waals surface area contributed by atoms with Crippen LogP contribution in [-0.2, 0) is 4.74 Å². The van der Waals surface area contributed by atoms with Crippen molar-refractivity contribution in [2.75, 3.05) is 5.32 Å². The molecule has 0 aliphatic rings. The van der Waals surface area contributed by atoms with E-state index >= 15 is 0 Å². The second-order valence-corrected chi connectivity index (χ2v) is 6.66. The highest BCUT2D eigenvalue weighted by molar-refractivity contribution is 6.29. The van der Waals surface area contributed by atoms with Gasteiger partial charge in [-0.1, -0.05) is 17.7 Å². The summed E-state index contributed by atoms with van der Waals surface area (Å²) in [5.41, 5.74) is 1.28. The van der Waals surface area contributed by atoms with Gasteiger partial charge in [-0.2, -0.15) is 9.61 Å². The fourth-order valence-corrected chi connectivity index (χ4v) is 2.37. The van der Waals surface area contributed by atoms with Gasteiger partial charge < -0.3 is 10.1 Å². The number of nitrogens with zero attached hydrogens (tertiary/aromatic N) is 3. The minimum absolute atomic E-state index is 0.355. The SMILES string of the molecule is CC(C)(C)OC(=O)c1cccc(Nc2cc(Cl)nc3ccnn23)c1. The molecule has 0 aliphatic carbocycles. The average Bonchev–Trinajstić information content (AvgIpc) is 2.94. The molecule has 0 saturated carbocycles. The number of halogens is 1. The van der Waals surface area contributed by atoms with Crippen molar-refractivity contribution in [2.45, 2.75) is 26.4 Å². The molecule has 124 valence electrons. The maximum Gasteiger partial charge on any atom is 0.338 e. The molecule has 2 heterocycles. The number of hydrogen-bond acceptors (Lipinski definition) is 5. The highest BCUT2D eigenvalue weighted by Crippen LogP contribution is 2.22. The summed E-state index contributed by atoms with van der Waals surface area (Å²) in [6, 6.07) is 10.5. The van der Waals surface area contributed by atoms with E-state index in [-0.39, 0.29) is 5.97 Å². The van der Waals surface area contributed by atoms with Gasteiger partial charge in [0.05, 0.1) is 11.8 Å². The number of carbonyl (C=O) groups excluding carboxylic acids is 1. The van der Waals surface area contributed by atoms with Crippen LogP contribution in [0.3, 0.4) is 0 Å². The van der Waals surface area contributed by atoms with E-state index in [0.717, 1.165) is 5.69 Å². The van der Waals surface area contributed by atoms with E-state index in [1.165, 1.54) is 0 Å². The van der Waals surface area contributed by atoms with E-state index in [4.69, 9.17) is 16.3 Å². The van der Waals surface area contributed by atoms with E-state index in [1.54, 1.807) is 41.0 Å². The smallest absolute Gasteiger partial charge is 0.338 e. The molecule has 0 unspecified atom stereocenters. The van der Waals surface area contributed by atoms with E-state index < -0.39 is 5.60 Å². The summed E-state index contributed by atoms with van der Waals surface area (Å²) >= 11 is 6.03. The number of ether oxygens (including phenoxy) is 1. The van der Waals surface area contributed by atoms with Crippen molar-refractivity contribution in [1.82, 2.24) is 14.6 Å². The van der Waals surface area contributed by atoms with Gasteiger partial charge in [0.25, 0.3) is 0 Å². The molecule has 0 atom stereocenters. The third-order valence-electron chi connectivity index (χ3n) is 3.10. The Morgan fingerprint density at radius 3 is 2.79 bits per heavy atom. The predicted octanol–water partition coefficient (Wildman–Crippen LogP) is 4.08. The second-order valence-electron chi connectivity index (χ2n) is 6.27. The van der Waals surface area contributed by atoms with Gasteiger partial charge in [0.15, 0.2) is 5.65 Å². The van der Waals surface area contributed by atoms with Gasteiger partial charge in [-0.05, 0) is 39.0 Å². The van der Waals surface area contributed by atoms with Crippen molar-refractivity contribution >= 4 is 34.7 Å². The summed E-state index contributed by atoms with van der Waals surface area (Å²) in [4.78, 5) is 16.4. The Balaban J connectivity index is 1.89. The number of hydrogen-bond donors (Lipinski definition) is 1. The molecule has 24 heavy (non-hydrogen) atoms. The first-order valence-corrected chi connectivity index (χ1v) is 7.80. The Bertz CT molecular complexity index is 899. The number of benzene rings is 1. The van der Waals surface area contributed by atoms with E-state index in [9.17, 15) is 4.79 Å². The Morgan fingerprint density at radius 1 is 1.25 bits per heavy atom. The van der Waals surface area contributed by atoms with Crippen molar-refractivity contribution < 1.29 is 9.53 Å². The number of nitrogens with one attached hydrogen (secondary N) is 1. The number of carbonyl (C=O) groups is 1. The number of aromatic nitrogens is 3. The van der Waals surface area contributed by atoms with Crippen LogP contribution in [0.5, 0.6) is 0 Å². The zero-order valence-electron chi connectivity index (χ0n) is 13.6. The van der Waals surface area contributed by atoms with Crippen LogP contribution in [0.15, 0.2) is 42.6 Å². The minimum atomic E-state index is -0.541. The summed E-state index contributed by atoms with van der Waals surface area (Å²) in [5.74, 6) is 0.277. The molecule has 0 bridgehead atoms. The molecule has 0 aliphatic heterocycles. The van der Waals surface area contributed by atoms with Crippen molar-refractivity contribution in [1.29, 1.82) is 0 Å². The quantitative estimate of drug-likeness (QED) is 0.572. The largest absolute Gasteiger partial charge is 0.456 e. The van der Waals surface area contributed by atoms with Crippen LogP contribution in [0.1, 0.15) is 31.1 Å². The lowest BCUT2D eigenvalue weighted by atomic mass is 10.1. The van der Waals surface area contributed by atoms with Gasteiger partial charge in [0, 0.05) is 17.8 Å². The molecule has 6 nitrogen and oxygen atoms in total. The Hall–Kier alpha value is -2.60. The molecule has 0 amide bonds. The first-order valence-electron chi connectivity index (χ1n) is 7.42. The van der Waals surface area contributed by atoms with Crippen LogP contribution in [0, 0.1) is 0 Å². The molecular formula is C17H17ClN4O2. The van der Waals surface area contributed by atoms with Crippen LogP contribution in [-0.4, -0.2) is 26.2 Å². The molecule has 0 fully saturated rings. The van der Waals surface area contributed by atoms with Crippen molar-refractivity contribution in [3.05, 3.63) is 53.3 Å². The zero-order chi connectivity index (χ0) is 17.3. The summed E-state index contributed by atoms with van der Waals surface area (Å²) in [6.07, 6.45) is 1.64. The summed E-state index contributed by atoms with van der Waals surface area (Å²) in [5, 5.41) is 7.76. The Labute approximate surface area is 144 Å². The van der Waals surface area contributed by atoms with Gasteiger partial charge in [-0.15, -0.1) is 0 Å². The van der Waals surface area contributed by atoms with Crippen LogP contribution in [0.2, 0.25) is 5.15 Å². The third-order valence-corrected chi connectivity index (χ3v) is 3.29. The number of esters is 1. The summed E-state index contributed by atoms with van der Waals surface area (Å²) in [6.45, 7) is 5.50. The molecular weight excluding hydrogens is 328 g/mol. The van der Waals surface area contributed by atoms with Crippen molar-refractivity contribution in [3.63, 3.8) is 0 Å². The molecule has 3 aromatic rings. The van der Waals surface area contributed by atoms with Crippen LogP contribution in [0.4, 0.5) is 11.5 Å². The normalized spacial score (nSPS) is 11.5. The highest BCUT2D eigenvalue weighted by Gasteiger charge is 2.18. The summed E-state index contributed by atoms with van der Waals surface area (Å²) < 4.78 is 7.02. The molecule has 7 heteroatoms. The van der Waals surface area contributed by atoms with E-state index in [2.05, 4.69) is 15.4 Å². The second kappa shape index (κ2) is 6.13. The lowest BCUT2D eigenvalue weighted by Crippen LogP contribution is -2.23. The molecule has 1 aromatic carbocycles. The van der Waals surface area contributed by atoms with Gasteiger partial charge in [-0.3, -0.25) is 0 Å². The monoisotopic (exact) mass is 344 g/mol. The lowest BCUT2D eigenvalue weighted by molar-refractivity contribution is 0.00696. The van der Waals surface area contributed by atoms with E-state index in [1.807, 2.05) is 26.8 Å². The summed E-state index contributed by atoms with van der Waals surface area (Å²) in [7, 11) is 0. The molecule has 0 spiro atoms. The lowest BCUT2D eigenvalue weighted by Gasteiger charge is -2.19. The molecule has 3 rings (SSSR count). The molecule has 1 N–H and O–H groups in total. The fraction of sp³-hybridized carbons (Fsp3) is 0.235. The number of rotatable bonds is 3. The van der Waals surface area contributed by atoms with Gasteiger partial charge in [0.2, 0.25) is 0 Å². The van der Waals surface area contributed by atoms with Crippen LogP contribution >= 0.6 is 11.6 Å². The van der Waals surface area contributed by atoms with Crippen LogP contribution in [0.25, 0.3) is 5.65 Å². The fourth-order valence-electron chi connectivity index (χ4n) is 2.18. The maximum atomic E-state index is 12.2. The Kier molecular flexibility index (Phi) is 4.15. The first-order chi connectivity index (χ1) is 11.3. The predicted molar refractivity (Wildman–Crippen MR) is 92.9 cm³/mol. The zero-order valence-corrected chi connectivity index (χ0v) is 14.3. The molecule has 0 saturated heterocycles. The Morgan fingerprint density at radius 2 is 2.04 bits per heavy atom. The topological polar surface area (TPSA) is 68.5 Å². The standard InChI is InChI=1S/C17H17ClN4O2/c1-17(2,3)24-16(23)11-5-4-6-12(9-11)20-15-10-13(18)21-14-7-8-19-22(14)15/h4-10,20H,1-3H3. The van der Waals surface area contributed by atoms with Crippen molar-refractivity contribution in [3.8, 4) is 0 Å². The molecule has 2 aromatic heterocycles.